The highest BCUT2D eigenvalue weighted by atomic mass is 79.9. The fraction of sp³-hybridized carbons (Fsp3) is 0.0769. The maximum atomic E-state index is 14.1. The van der Waals surface area contributed by atoms with E-state index in [-0.39, 0.29) is 10.0 Å². The van der Waals surface area contributed by atoms with Gasteiger partial charge in [-0.15, -0.1) is 0 Å². The molecule has 7 heteroatoms. The number of halogens is 3. The summed E-state index contributed by atoms with van der Waals surface area (Å²) >= 11 is 3.03. The van der Waals surface area contributed by atoms with Gasteiger partial charge in [0.15, 0.2) is 0 Å². The molecule has 0 aliphatic heterocycles. The van der Waals surface area contributed by atoms with Crippen LogP contribution in [-0.2, 0) is 0 Å². The van der Waals surface area contributed by atoms with E-state index >= 15 is 0 Å². The van der Waals surface area contributed by atoms with E-state index in [0.717, 1.165) is 0 Å². The zero-order chi connectivity index (χ0) is 14.3. The first-order chi connectivity index (χ1) is 9.59. The highest BCUT2D eigenvalue weighted by Gasteiger charge is 2.23. The fourth-order valence-corrected chi connectivity index (χ4v) is 2.42. The van der Waals surface area contributed by atoms with E-state index < -0.39 is 17.7 Å². The summed E-state index contributed by atoms with van der Waals surface area (Å²) in [7, 11) is 0. The predicted octanol–water partition coefficient (Wildman–Crippen LogP) is 2.82. The molecule has 4 nitrogen and oxygen atoms in total. The summed E-state index contributed by atoms with van der Waals surface area (Å²) in [5, 5.41) is 4.09. The molecule has 2 heterocycles. The third-order valence-electron chi connectivity index (χ3n) is 3.08. The Balaban J connectivity index is 2.18. The van der Waals surface area contributed by atoms with Crippen molar-refractivity contribution in [2.75, 3.05) is 0 Å². The molecule has 0 saturated heterocycles. The third kappa shape index (κ3) is 1.99. The zero-order valence-corrected chi connectivity index (χ0v) is 11.7. The van der Waals surface area contributed by atoms with Crippen LogP contribution in [0, 0.1) is 11.6 Å². The van der Waals surface area contributed by atoms with Crippen LogP contribution in [0.5, 0.6) is 0 Å². The second-order valence-corrected chi connectivity index (χ2v) is 5.09. The van der Waals surface area contributed by atoms with E-state index in [0.29, 0.717) is 11.1 Å². The summed E-state index contributed by atoms with van der Waals surface area (Å²) in [6, 6.07) is 1.51. The van der Waals surface area contributed by atoms with Crippen LogP contribution in [0.15, 0.2) is 41.4 Å². The molecule has 3 aromatic rings. The van der Waals surface area contributed by atoms with Crippen molar-refractivity contribution in [3.63, 3.8) is 0 Å². The van der Waals surface area contributed by atoms with Crippen LogP contribution in [0.2, 0.25) is 0 Å². The van der Waals surface area contributed by atoms with Crippen molar-refractivity contribution in [3.05, 3.63) is 64.2 Å². The van der Waals surface area contributed by atoms with Crippen LogP contribution >= 0.6 is 15.9 Å². The van der Waals surface area contributed by atoms with Crippen molar-refractivity contribution in [3.8, 4) is 0 Å². The number of hydrogen-bond acceptors (Lipinski definition) is 3. The second-order valence-electron chi connectivity index (χ2n) is 4.24. The topological polar surface area (TPSA) is 56.2 Å². The Bertz CT molecular complexity index is 787. The van der Waals surface area contributed by atoms with E-state index in [9.17, 15) is 8.78 Å². The summed E-state index contributed by atoms with van der Waals surface area (Å²) in [5.41, 5.74) is 6.94. The molecule has 0 spiro atoms. The Hall–Kier alpha value is -1.86. The second kappa shape index (κ2) is 4.92. The molecule has 2 aromatic heterocycles. The first kappa shape index (κ1) is 13.1. The highest BCUT2D eigenvalue weighted by molar-refractivity contribution is 9.10. The number of rotatable bonds is 2. The maximum absolute atomic E-state index is 14.1. The van der Waals surface area contributed by atoms with Gasteiger partial charge < -0.3 is 5.73 Å². The maximum Gasteiger partial charge on any atom is 0.145 e. The lowest BCUT2D eigenvalue weighted by Crippen LogP contribution is -2.16. The van der Waals surface area contributed by atoms with Crippen molar-refractivity contribution < 1.29 is 8.78 Å². The average Bonchev–Trinajstić information content (AvgIpc) is 2.87. The van der Waals surface area contributed by atoms with Crippen LogP contribution in [0.1, 0.15) is 17.2 Å². The molecule has 0 bridgehead atoms. The van der Waals surface area contributed by atoms with Gasteiger partial charge in [-0.3, -0.25) is 4.98 Å². The van der Waals surface area contributed by atoms with Gasteiger partial charge in [0.25, 0.3) is 0 Å². The largest absolute Gasteiger partial charge is 0.320 e. The van der Waals surface area contributed by atoms with Crippen molar-refractivity contribution >= 4 is 21.4 Å². The van der Waals surface area contributed by atoms with Gasteiger partial charge in [0, 0.05) is 23.5 Å². The molecule has 0 fully saturated rings. The van der Waals surface area contributed by atoms with E-state index in [4.69, 9.17) is 5.73 Å². The van der Waals surface area contributed by atoms with Gasteiger partial charge in [0.2, 0.25) is 0 Å². The number of nitrogens with two attached hydrogens (primary N) is 1. The average molecular weight is 339 g/mol. The Morgan fingerprint density at radius 1 is 1.25 bits per heavy atom. The molecule has 0 aliphatic rings. The Kier molecular flexibility index (Phi) is 3.23. The van der Waals surface area contributed by atoms with Gasteiger partial charge in [0.05, 0.1) is 28.4 Å². The molecule has 1 atom stereocenters. The fourth-order valence-electron chi connectivity index (χ4n) is 2.08. The first-order valence-electron chi connectivity index (χ1n) is 5.76. The van der Waals surface area contributed by atoms with E-state index in [2.05, 4.69) is 26.0 Å². The molecule has 0 saturated carbocycles. The van der Waals surface area contributed by atoms with Crippen molar-refractivity contribution in [1.82, 2.24) is 14.6 Å². The molecular formula is C13H9BrF2N4. The van der Waals surface area contributed by atoms with Crippen molar-refractivity contribution in [2.45, 2.75) is 6.04 Å². The highest BCUT2D eigenvalue weighted by Crippen LogP contribution is 2.30. The smallest absolute Gasteiger partial charge is 0.145 e. The van der Waals surface area contributed by atoms with Gasteiger partial charge in [-0.25, -0.2) is 13.3 Å². The van der Waals surface area contributed by atoms with E-state index in [1.165, 1.54) is 18.3 Å². The number of hydrogen-bond donors (Lipinski definition) is 1. The summed E-state index contributed by atoms with van der Waals surface area (Å²) in [6.45, 7) is 0. The molecule has 1 unspecified atom stereocenters. The summed E-state index contributed by atoms with van der Waals surface area (Å²) in [4.78, 5) is 3.97. The van der Waals surface area contributed by atoms with Crippen LogP contribution < -0.4 is 5.73 Å². The lowest BCUT2D eigenvalue weighted by atomic mass is 10.00. The van der Waals surface area contributed by atoms with E-state index in [1.807, 2.05) is 0 Å². The number of aromatic nitrogens is 3. The van der Waals surface area contributed by atoms with Gasteiger partial charge in [-0.1, -0.05) is 0 Å². The minimum atomic E-state index is -0.964. The Labute approximate surface area is 121 Å². The van der Waals surface area contributed by atoms with Gasteiger partial charge in [-0.05, 0) is 28.1 Å². The summed E-state index contributed by atoms with van der Waals surface area (Å²) in [6.07, 6.45) is 6.24. The molecular weight excluding hydrogens is 330 g/mol. The van der Waals surface area contributed by atoms with E-state index in [1.54, 1.807) is 23.1 Å². The molecule has 102 valence electrons. The minimum absolute atomic E-state index is 0.166. The zero-order valence-electron chi connectivity index (χ0n) is 10.1. The normalized spacial score (nSPS) is 12.8. The van der Waals surface area contributed by atoms with Crippen molar-refractivity contribution in [2.24, 2.45) is 5.73 Å². The molecule has 1 aromatic carbocycles. The van der Waals surface area contributed by atoms with Crippen molar-refractivity contribution in [1.29, 1.82) is 0 Å². The number of nitrogens with zero attached hydrogens (tertiary/aromatic N) is 3. The van der Waals surface area contributed by atoms with Crippen LogP contribution in [0.25, 0.3) is 5.52 Å². The number of benzene rings is 1. The summed E-state index contributed by atoms with van der Waals surface area (Å²) < 4.78 is 29.7. The van der Waals surface area contributed by atoms with Crippen LogP contribution in [0.4, 0.5) is 8.78 Å². The molecule has 0 radical (unpaired) electrons. The first-order valence-corrected chi connectivity index (χ1v) is 6.55. The quantitative estimate of drug-likeness (QED) is 0.731. The standard InChI is InChI=1S/C13H9BrF2N4/c14-8-1-2-9(15)11(12(8)16)13(17)7-5-19-20-4-3-18-6-10(7)20/h1-6,13H,17H2. The van der Waals surface area contributed by atoms with Crippen LogP contribution in [0.3, 0.4) is 0 Å². The summed E-state index contributed by atoms with van der Waals surface area (Å²) in [5.74, 6) is -1.40. The lowest BCUT2D eigenvalue weighted by molar-refractivity contribution is 0.540. The van der Waals surface area contributed by atoms with Gasteiger partial charge in [-0.2, -0.15) is 5.10 Å². The van der Waals surface area contributed by atoms with Crippen LogP contribution in [-0.4, -0.2) is 14.6 Å². The molecule has 20 heavy (non-hydrogen) atoms. The third-order valence-corrected chi connectivity index (χ3v) is 3.69. The SMILES string of the molecule is NC(c1c(F)ccc(Br)c1F)c1cnn2ccncc12. The predicted molar refractivity (Wildman–Crippen MR) is 73.1 cm³/mol. The lowest BCUT2D eigenvalue weighted by Gasteiger charge is -2.13. The molecule has 2 N–H and O–H groups in total. The molecule has 0 aliphatic carbocycles. The minimum Gasteiger partial charge on any atom is -0.320 e. The monoisotopic (exact) mass is 338 g/mol. The van der Waals surface area contributed by atoms with Gasteiger partial charge >= 0.3 is 0 Å². The number of fused-ring (bicyclic) bond motifs is 1. The molecule has 0 amide bonds. The van der Waals surface area contributed by atoms with Gasteiger partial charge in [0.1, 0.15) is 11.6 Å². The Morgan fingerprint density at radius 2 is 2.05 bits per heavy atom. The molecule has 3 rings (SSSR count). The Morgan fingerprint density at radius 3 is 2.85 bits per heavy atom.